The van der Waals surface area contributed by atoms with Crippen molar-refractivity contribution in [2.75, 3.05) is 12.4 Å². The van der Waals surface area contributed by atoms with E-state index < -0.39 is 12.0 Å². The van der Waals surface area contributed by atoms with Gasteiger partial charge in [0.1, 0.15) is 11.4 Å². The second-order valence-electron chi connectivity index (χ2n) is 4.87. The number of aromatic nitrogens is 4. The number of nitrogens with one attached hydrogen (secondary N) is 1. The molecule has 0 fully saturated rings. The van der Waals surface area contributed by atoms with Gasteiger partial charge in [-0.05, 0) is 19.1 Å². The molecule has 0 aliphatic rings. The molecule has 2 aromatic heterocycles. The lowest BCUT2D eigenvalue weighted by molar-refractivity contribution is -0.117. The van der Waals surface area contributed by atoms with Crippen LogP contribution in [0.4, 0.5) is 4.79 Å². The van der Waals surface area contributed by atoms with Crippen molar-refractivity contribution in [2.45, 2.75) is 11.9 Å². The fraction of sp³-hybridized carbons (Fsp3) is 0.188. The SMILES string of the molecule is CCOC(=O)NC(=O)CSc1ncnc2c1cnn2-c1ccccc1. The van der Waals surface area contributed by atoms with Crippen molar-refractivity contribution in [3.63, 3.8) is 0 Å². The number of carbonyl (C=O) groups excluding carboxylic acids is 2. The number of hydrogen-bond donors (Lipinski definition) is 1. The zero-order valence-corrected chi connectivity index (χ0v) is 14.2. The van der Waals surface area contributed by atoms with Gasteiger partial charge in [-0.2, -0.15) is 5.10 Å². The summed E-state index contributed by atoms with van der Waals surface area (Å²) in [4.78, 5) is 31.5. The Morgan fingerprint density at radius 2 is 2.04 bits per heavy atom. The Morgan fingerprint density at radius 3 is 2.80 bits per heavy atom. The highest BCUT2D eigenvalue weighted by atomic mass is 32.2. The average Bonchev–Trinajstić information content (AvgIpc) is 3.05. The van der Waals surface area contributed by atoms with Gasteiger partial charge in [0.15, 0.2) is 5.65 Å². The summed E-state index contributed by atoms with van der Waals surface area (Å²) in [7, 11) is 0. The molecule has 0 spiro atoms. The molecular formula is C16H15N5O3S. The van der Waals surface area contributed by atoms with Gasteiger partial charge in [0.2, 0.25) is 5.91 Å². The van der Waals surface area contributed by atoms with Gasteiger partial charge >= 0.3 is 6.09 Å². The maximum atomic E-state index is 11.8. The van der Waals surface area contributed by atoms with E-state index in [0.717, 1.165) is 11.1 Å². The zero-order valence-electron chi connectivity index (χ0n) is 13.4. The van der Waals surface area contributed by atoms with Crippen molar-refractivity contribution in [1.29, 1.82) is 0 Å². The molecule has 3 aromatic rings. The van der Waals surface area contributed by atoms with Crippen LogP contribution in [0.1, 0.15) is 6.92 Å². The Labute approximate surface area is 147 Å². The topological polar surface area (TPSA) is 99.0 Å². The third-order valence-electron chi connectivity index (χ3n) is 3.19. The number of alkyl carbamates (subject to hydrolysis) is 1. The number of hydrogen-bond acceptors (Lipinski definition) is 7. The van der Waals surface area contributed by atoms with Crippen LogP contribution in [0.15, 0.2) is 47.9 Å². The molecule has 8 nitrogen and oxygen atoms in total. The van der Waals surface area contributed by atoms with Crippen LogP contribution in [-0.4, -0.2) is 44.1 Å². The highest BCUT2D eigenvalue weighted by Crippen LogP contribution is 2.25. The normalized spacial score (nSPS) is 10.6. The van der Waals surface area contributed by atoms with Crippen molar-refractivity contribution >= 4 is 34.8 Å². The summed E-state index contributed by atoms with van der Waals surface area (Å²) in [6.45, 7) is 1.87. The lowest BCUT2D eigenvalue weighted by Gasteiger charge is -2.05. The fourth-order valence-electron chi connectivity index (χ4n) is 2.15. The van der Waals surface area contributed by atoms with Gasteiger partial charge in [-0.1, -0.05) is 30.0 Å². The number of carbonyl (C=O) groups is 2. The third kappa shape index (κ3) is 3.94. The number of thioether (sulfide) groups is 1. The first kappa shape index (κ1) is 16.9. The van der Waals surface area contributed by atoms with Crippen LogP contribution < -0.4 is 5.32 Å². The van der Waals surface area contributed by atoms with E-state index in [0.29, 0.717) is 10.7 Å². The number of ether oxygens (including phenoxy) is 1. The fourth-order valence-corrected chi connectivity index (χ4v) is 2.91. The number of rotatable bonds is 5. The van der Waals surface area contributed by atoms with Gasteiger partial charge in [-0.3, -0.25) is 10.1 Å². The highest BCUT2D eigenvalue weighted by Gasteiger charge is 2.14. The number of para-hydroxylation sites is 1. The van der Waals surface area contributed by atoms with Crippen LogP contribution in [0.3, 0.4) is 0 Å². The standard InChI is InChI=1S/C16H15N5O3S/c1-2-24-16(23)20-13(22)9-25-15-12-8-19-21(14(12)17-10-18-15)11-6-4-3-5-7-11/h3-8,10H,2,9H2,1H3,(H,20,22,23). The molecule has 0 bridgehead atoms. The zero-order chi connectivity index (χ0) is 17.6. The summed E-state index contributed by atoms with van der Waals surface area (Å²) < 4.78 is 6.38. The number of fused-ring (bicyclic) bond motifs is 1. The first-order chi connectivity index (χ1) is 12.2. The second kappa shape index (κ2) is 7.75. The van der Waals surface area contributed by atoms with Crippen LogP contribution in [0.25, 0.3) is 16.7 Å². The van der Waals surface area contributed by atoms with Gasteiger partial charge in [0, 0.05) is 0 Å². The molecule has 1 aromatic carbocycles. The maximum Gasteiger partial charge on any atom is 0.413 e. The molecule has 9 heteroatoms. The van der Waals surface area contributed by atoms with E-state index in [-0.39, 0.29) is 12.4 Å². The Kier molecular flexibility index (Phi) is 5.24. The Hall–Kier alpha value is -2.94. The Balaban J connectivity index is 1.76. The minimum atomic E-state index is -0.752. The van der Waals surface area contributed by atoms with E-state index in [1.807, 2.05) is 30.3 Å². The van der Waals surface area contributed by atoms with E-state index in [1.165, 1.54) is 18.1 Å². The predicted octanol–water partition coefficient (Wildman–Crippen LogP) is 2.18. The molecule has 128 valence electrons. The third-order valence-corrected chi connectivity index (χ3v) is 4.19. The van der Waals surface area contributed by atoms with Crippen molar-refractivity contribution in [2.24, 2.45) is 0 Å². The number of amides is 2. The molecule has 25 heavy (non-hydrogen) atoms. The lowest BCUT2D eigenvalue weighted by Crippen LogP contribution is -2.32. The Bertz CT molecular complexity index is 897. The maximum absolute atomic E-state index is 11.8. The molecule has 0 unspecified atom stereocenters. The molecule has 0 saturated heterocycles. The van der Waals surface area contributed by atoms with Gasteiger partial charge in [-0.25, -0.2) is 19.4 Å². The summed E-state index contributed by atoms with van der Waals surface area (Å²) in [6, 6.07) is 9.61. The van der Waals surface area contributed by atoms with Crippen molar-refractivity contribution in [1.82, 2.24) is 25.1 Å². The van der Waals surface area contributed by atoms with E-state index in [2.05, 4.69) is 25.1 Å². The second-order valence-corrected chi connectivity index (χ2v) is 5.83. The first-order valence-electron chi connectivity index (χ1n) is 7.52. The van der Waals surface area contributed by atoms with Crippen molar-refractivity contribution < 1.29 is 14.3 Å². The molecule has 1 N–H and O–H groups in total. The summed E-state index contributed by atoms with van der Waals surface area (Å²) in [5.74, 6) is -0.424. The smallest absolute Gasteiger partial charge is 0.413 e. The highest BCUT2D eigenvalue weighted by molar-refractivity contribution is 8.00. The van der Waals surface area contributed by atoms with E-state index in [4.69, 9.17) is 0 Å². The van der Waals surface area contributed by atoms with E-state index >= 15 is 0 Å². The van der Waals surface area contributed by atoms with Crippen LogP contribution in [0.5, 0.6) is 0 Å². The first-order valence-corrected chi connectivity index (χ1v) is 8.51. The summed E-state index contributed by atoms with van der Waals surface area (Å²) in [5, 5.41) is 7.85. The summed E-state index contributed by atoms with van der Waals surface area (Å²) in [6.07, 6.45) is 2.33. The van der Waals surface area contributed by atoms with Crippen LogP contribution in [-0.2, 0) is 9.53 Å². The average molecular weight is 357 g/mol. The number of imide groups is 1. The van der Waals surface area contributed by atoms with Gasteiger partial charge < -0.3 is 4.74 Å². The van der Waals surface area contributed by atoms with Crippen molar-refractivity contribution in [3.8, 4) is 5.69 Å². The molecule has 2 heterocycles. The van der Waals surface area contributed by atoms with Gasteiger partial charge in [0.05, 0.1) is 29.6 Å². The number of nitrogens with zero attached hydrogens (tertiary/aromatic N) is 4. The summed E-state index contributed by atoms with van der Waals surface area (Å²) >= 11 is 1.20. The molecule has 3 rings (SSSR count). The minimum absolute atomic E-state index is 0.0292. The molecule has 0 atom stereocenters. The van der Waals surface area contributed by atoms with Crippen molar-refractivity contribution in [3.05, 3.63) is 42.9 Å². The van der Waals surface area contributed by atoms with Gasteiger partial charge in [0.25, 0.3) is 0 Å². The molecule has 0 aliphatic carbocycles. The van der Waals surface area contributed by atoms with Crippen LogP contribution >= 0.6 is 11.8 Å². The predicted molar refractivity (Wildman–Crippen MR) is 92.5 cm³/mol. The molecule has 0 aliphatic heterocycles. The molecule has 0 saturated carbocycles. The largest absolute Gasteiger partial charge is 0.450 e. The van der Waals surface area contributed by atoms with E-state index in [9.17, 15) is 9.59 Å². The van der Waals surface area contributed by atoms with Crippen LogP contribution in [0.2, 0.25) is 0 Å². The lowest BCUT2D eigenvalue weighted by atomic mass is 10.3. The quantitative estimate of drug-likeness (QED) is 0.552. The molecular weight excluding hydrogens is 342 g/mol. The number of benzene rings is 1. The minimum Gasteiger partial charge on any atom is -0.450 e. The monoisotopic (exact) mass is 357 g/mol. The summed E-state index contributed by atoms with van der Waals surface area (Å²) in [5.41, 5.74) is 1.53. The molecule has 0 radical (unpaired) electrons. The Morgan fingerprint density at radius 1 is 1.24 bits per heavy atom. The van der Waals surface area contributed by atoms with Gasteiger partial charge in [-0.15, -0.1) is 0 Å². The van der Waals surface area contributed by atoms with Crippen LogP contribution in [0, 0.1) is 0 Å². The molecule has 2 amide bonds. The van der Waals surface area contributed by atoms with E-state index in [1.54, 1.807) is 17.8 Å².